The van der Waals surface area contributed by atoms with Crippen LogP contribution in [-0.2, 0) is 6.54 Å². The molecule has 0 aliphatic carbocycles. The molecule has 0 unspecified atom stereocenters. The molecular weight excluding hydrogens is 381 g/mol. The van der Waals surface area contributed by atoms with E-state index in [2.05, 4.69) is 24.4 Å². The number of aryl methyl sites for hydroxylation is 1. The fraction of sp³-hybridized carbons (Fsp3) is 0.125. The number of aromatic nitrogens is 1. The zero-order chi connectivity index (χ0) is 13.2. The number of ketones is 1. The molecule has 102 valence electrons. The van der Waals surface area contributed by atoms with Crippen molar-refractivity contribution < 1.29 is 33.3 Å². The topological polar surface area (TPSA) is 20.9 Å². The maximum Gasteiger partial charge on any atom is 0.237 e. The zero-order valence-corrected chi connectivity index (χ0v) is 14.0. The maximum absolute atomic E-state index is 12.2. The Morgan fingerprint density at radius 2 is 1.90 bits per heavy atom. The molecule has 4 heteroatoms. The molecule has 2 aromatic heterocycles. The van der Waals surface area contributed by atoms with Gasteiger partial charge in [0, 0.05) is 18.4 Å². The molecule has 0 N–H and O–H groups in total. The Morgan fingerprint density at radius 3 is 2.60 bits per heavy atom. The molecule has 0 bridgehead atoms. The number of nitrogens with zero attached hydrogens (tertiary/aromatic N) is 1. The van der Waals surface area contributed by atoms with Crippen LogP contribution in [0.2, 0.25) is 0 Å². The van der Waals surface area contributed by atoms with Crippen molar-refractivity contribution in [2.75, 3.05) is 0 Å². The van der Waals surface area contributed by atoms with Crippen LogP contribution in [0.3, 0.4) is 0 Å². The number of Topliss-reactive ketones (excluding diaryl/α,β-unsaturated/α-hetero) is 1. The largest absolute Gasteiger partial charge is 1.00 e. The predicted molar refractivity (Wildman–Crippen MR) is 77.5 cm³/mol. The molecule has 2 heterocycles. The predicted octanol–water partition coefficient (Wildman–Crippen LogP) is 0.384. The van der Waals surface area contributed by atoms with Crippen LogP contribution in [0.5, 0.6) is 0 Å². The van der Waals surface area contributed by atoms with Gasteiger partial charge in [0.2, 0.25) is 12.3 Å². The Morgan fingerprint density at radius 1 is 1.15 bits per heavy atom. The highest BCUT2D eigenvalue weighted by molar-refractivity contribution is 7.12. The molecule has 0 atom stereocenters. The van der Waals surface area contributed by atoms with E-state index < -0.39 is 0 Å². The quantitative estimate of drug-likeness (QED) is 0.357. The van der Waals surface area contributed by atoms with E-state index in [9.17, 15) is 4.79 Å². The van der Waals surface area contributed by atoms with Crippen molar-refractivity contribution in [2.45, 2.75) is 13.5 Å². The lowest BCUT2D eigenvalue weighted by molar-refractivity contribution is -0.687. The highest BCUT2D eigenvalue weighted by Gasteiger charge is 2.16. The smallest absolute Gasteiger partial charge is 0.237 e. The zero-order valence-electron chi connectivity index (χ0n) is 11.0. The molecule has 0 radical (unpaired) electrons. The van der Waals surface area contributed by atoms with Crippen molar-refractivity contribution in [3.8, 4) is 0 Å². The molecule has 0 saturated heterocycles. The van der Waals surface area contributed by atoms with Crippen LogP contribution >= 0.6 is 11.3 Å². The molecule has 1 aromatic carbocycles. The molecule has 0 saturated carbocycles. The average Bonchev–Trinajstić information content (AvgIpc) is 2.93. The van der Waals surface area contributed by atoms with Gasteiger partial charge in [0.25, 0.3) is 0 Å². The standard InChI is InChI=1S/C16H14NOS.HI/c1-12-9-13-5-2-3-6-14(13)10-17(12)11-15(18)16-7-4-8-19-16;/h2-10H,11H2,1H3;1H/q+1;/p-1. The molecular formula is C16H14INOS. The summed E-state index contributed by atoms with van der Waals surface area (Å²) in [6.45, 7) is 2.44. The van der Waals surface area contributed by atoms with Gasteiger partial charge in [-0.1, -0.05) is 24.3 Å². The fourth-order valence-corrected chi connectivity index (χ4v) is 2.83. The lowest BCUT2D eigenvalue weighted by Crippen LogP contribution is -3.00. The summed E-state index contributed by atoms with van der Waals surface area (Å²) in [6.07, 6.45) is 2.05. The van der Waals surface area contributed by atoms with Crippen LogP contribution in [-0.4, -0.2) is 5.78 Å². The monoisotopic (exact) mass is 395 g/mol. The number of hydrogen-bond donors (Lipinski definition) is 0. The van der Waals surface area contributed by atoms with E-state index in [0.717, 1.165) is 16.0 Å². The van der Waals surface area contributed by atoms with Crippen molar-refractivity contribution in [3.05, 3.63) is 64.6 Å². The van der Waals surface area contributed by atoms with E-state index in [1.165, 1.54) is 16.7 Å². The highest BCUT2D eigenvalue weighted by Crippen LogP contribution is 2.13. The van der Waals surface area contributed by atoms with Gasteiger partial charge in [-0.2, -0.15) is 4.57 Å². The van der Waals surface area contributed by atoms with E-state index in [1.807, 2.05) is 41.1 Å². The van der Waals surface area contributed by atoms with Gasteiger partial charge in [-0.3, -0.25) is 4.79 Å². The summed E-state index contributed by atoms with van der Waals surface area (Å²) in [5, 5.41) is 4.30. The molecule has 0 aliphatic heterocycles. The first-order valence-corrected chi connectivity index (χ1v) is 7.07. The van der Waals surface area contributed by atoms with Gasteiger partial charge in [0.1, 0.15) is 0 Å². The van der Waals surface area contributed by atoms with Crippen LogP contribution in [0.4, 0.5) is 0 Å². The number of halogens is 1. The minimum atomic E-state index is 0. The van der Waals surface area contributed by atoms with Gasteiger partial charge in [-0.05, 0) is 22.9 Å². The third-order valence-electron chi connectivity index (χ3n) is 3.22. The Hall–Kier alpha value is -1.27. The molecule has 0 amide bonds. The lowest BCUT2D eigenvalue weighted by Gasteiger charge is -2.02. The van der Waals surface area contributed by atoms with Crippen LogP contribution in [0, 0.1) is 6.92 Å². The van der Waals surface area contributed by atoms with E-state index in [-0.39, 0.29) is 29.8 Å². The number of carbonyl (C=O) groups is 1. The lowest BCUT2D eigenvalue weighted by atomic mass is 10.1. The SMILES string of the molecule is Cc1cc2ccccc2c[n+]1CC(=O)c1cccs1.[I-]. The van der Waals surface area contributed by atoms with Crippen LogP contribution in [0.15, 0.2) is 54.0 Å². The second-order valence-electron chi connectivity index (χ2n) is 4.57. The number of thiophene rings is 1. The second kappa shape index (κ2) is 6.45. The van der Waals surface area contributed by atoms with E-state index in [4.69, 9.17) is 0 Å². The van der Waals surface area contributed by atoms with Gasteiger partial charge >= 0.3 is 0 Å². The van der Waals surface area contributed by atoms with E-state index >= 15 is 0 Å². The number of hydrogen-bond acceptors (Lipinski definition) is 2. The number of carbonyl (C=O) groups excluding carboxylic acids is 1. The average molecular weight is 395 g/mol. The Labute approximate surface area is 139 Å². The van der Waals surface area contributed by atoms with Crippen molar-refractivity contribution in [3.63, 3.8) is 0 Å². The van der Waals surface area contributed by atoms with Crippen molar-refractivity contribution in [1.29, 1.82) is 0 Å². The first kappa shape index (κ1) is 15.1. The van der Waals surface area contributed by atoms with Crippen LogP contribution < -0.4 is 28.5 Å². The first-order valence-electron chi connectivity index (χ1n) is 6.19. The fourth-order valence-electron chi connectivity index (χ4n) is 2.18. The molecule has 0 fully saturated rings. The van der Waals surface area contributed by atoms with Gasteiger partial charge in [-0.25, -0.2) is 0 Å². The minimum absolute atomic E-state index is 0. The highest BCUT2D eigenvalue weighted by atomic mass is 127. The number of benzene rings is 1. The third kappa shape index (κ3) is 3.07. The van der Waals surface area contributed by atoms with Crippen molar-refractivity contribution in [2.24, 2.45) is 0 Å². The summed E-state index contributed by atoms with van der Waals surface area (Å²) < 4.78 is 2.02. The van der Waals surface area contributed by atoms with Crippen LogP contribution in [0.1, 0.15) is 15.4 Å². The van der Waals surface area contributed by atoms with Crippen LogP contribution in [0.25, 0.3) is 10.8 Å². The molecule has 20 heavy (non-hydrogen) atoms. The molecule has 0 spiro atoms. The summed E-state index contributed by atoms with van der Waals surface area (Å²) in [5.41, 5.74) is 1.10. The van der Waals surface area contributed by atoms with Crippen molar-refractivity contribution in [1.82, 2.24) is 0 Å². The first-order chi connectivity index (χ1) is 9.24. The van der Waals surface area contributed by atoms with Gasteiger partial charge in [-0.15, -0.1) is 11.3 Å². The minimum Gasteiger partial charge on any atom is -1.00 e. The Balaban J connectivity index is 0.00000147. The number of rotatable bonds is 3. The Bertz CT molecular complexity index is 737. The summed E-state index contributed by atoms with van der Waals surface area (Å²) in [7, 11) is 0. The third-order valence-corrected chi connectivity index (χ3v) is 4.13. The summed E-state index contributed by atoms with van der Waals surface area (Å²) in [6, 6.07) is 14.1. The number of fused-ring (bicyclic) bond motifs is 1. The molecule has 2 nitrogen and oxygen atoms in total. The normalized spacial score (nSPS) is 10.2. The summed E-state index contributed by atoms with van der Waals surface area (Å²) in [5.74, 6) is 0.165. The van der Waals surface area contributed by atoms with Crippen molar-refractivity contribution >= 4 is 27.9 Å². The molecule has 3 aromatic rings. The van der Waals surface area contributed by atoms with E-state index in [0.29, 0.717) is 6.54 Å². The molecule has 3 rings (SSSR count). The summed E-state index contributed by atoms with van der Waals surface area (Å²) >= 11 is 1.50. The van der Waals surface area contributed by atoms with Gasteiger partial charge in [0.15, 0.2) is 11.9 Å². The van der Waals surface area contributed by atoms with Gasteiger partial charge < -0.3 is 24.0 Å². The van der Waals surface area contributed by atoms with E-state index in [1.54, 1.807) is 0 Å². The summed E-state index contributed by atoms with van der Waals surface area (Å²) in [4.78, 5) is 13.0. The Kier molecular flexibility index (Phi) is 4.88. The second-order valence-corrected chi connectivity index (χ2v) is 5.52. The number of pyridine rings is 1. The van der Waals surface area contributed by atoms with Gasteiger partial charge in [0.05, 0.1) is 4.88 Å². The molecule has 0 aliphatic rings. The maximum atomic E-state index is 12.2.